The zero-order valence-electron chi connectivity index (χ0n) is 12.0. The molecule has 0 bridgehead atoms. The molecule has 110 valence electrons. The first-order valence-corrected chi connectivity index (χ1v) is 8.83. The molecular weight excluding hydrogens is 292 g/mol. The quantitative estimate of drug-likeness (QED) is 0.848. The topological polar surface area (TPSA) is 49.4 Å². The Hall–Kier alpha value is -1.14. The van der Waals surface area contributed by atoms with Gasteiger partial charge >= 0.3 is 0 Å². The molecule has 0 spiro atoms. The zero-order valence-corrected chi connectivity index (χ0v) is 13.6. The van der Waals surface area contributed by atoms with Crippen molar-refractivity contribution >= 4 is 32.9 Å². The van der Waals surface area contributed by atoms with E-state index < -0.39 is 9.84 Å². The van der Waals surface area contributed by atoms with Crippen LogP contribution in [0.1, 0.15) is 17.5 Å². The summed E-state index contributed by atoms with van der Waals surface area (Å²) in [6.07, 6.45) is 0.646. The predicted octanol–water partition coefficient (Wildman–Crippen LogP) is 2.12. The van der Waals surface area contributed by atoms with Crippen LogP contribution in [0, 0.1) is 13.8 Å². The Morgan fingerprint density at radius 3 is 2.70 bits per heavy atom. The minimum Gasteiger partial charge on any atom is -0.348 e. The van der Waals surface area contributed by atoms with Gasteiger partial charge < -0.3 is 10.2 Å². The monoisotopic (exact) mass is 312 g/mol. The molecule has 0 amide bonds. The molecule has 1 N–H and O–H groups in total. The van der Waals surface area contributed by atoms with Crippen LogP contribution >= 0.6 is 12.2 Å². The molecule has 2 rings (SSSR count). The van der Waals surface area contributed by atoms with E-state index in [4.69, 9.17) is 12.2 Å². The molecule has 20 heavy (non-hydrogen) atoms. The van der Waals surface area contributed by atoms with Gasteiger partial charge in [0.1, 0.15) is 0 Å². The third-order valence-electron chi connectivity index (χ3n) is 3.92. The van der Waals surface area contributed by atoms with Crippen molar-refractivity contribution in [2.45, 2.75) is 26.3 Å². The van der Waals surface area contributed by atoms with Crippen LogP contribution in [0.2, 0.25) is 0 Å². The summed E-state index contributed by atoms with van der Waals surface area (Å²) >= 11 is 5.39. The molecular formula is C14H20N2O2S2. The summed E-state index contributed by atoms with van der Waals surface area (Å²) in [5, 5.41) is 3.79. The highest BCUT2D eigenvalue weighted by Gasteiger charge is 2.31. The number of hydrogen-bond donors (Lipinski definition) is 1. The zero-order chi connectivity index (χ0) is 14.9. The Bertz CT molecular complexity index is 626. The highest BCUT2D eigenvalue weighted by molar-refractivity contribution is 7.91. The molecule has 0 radical (unpaired) electrons. The average molecular weight is 312 g/mol. The van der Waals surface area contributed by atoms with Crippen LogP contribution in [0.3, 0.4) is 0 Å². The van der Waals surface area contributed by atoms with Gasteiger partial charge in [0.05, 0.1) is 11.5 Å². The fourth-order valence-electron chi connectivity index (χ4n) is 2.34. The smallest absolute Gasteiger partial charge is 0.173 e. The van der Waals surface area contributed by atoms with Crippen molar-refractivity contribution in [1.29, 1.82) is 0 Å². The molecule has 4 nitrogen and oxygen atoms in total. The SMILES string of the molecule is Cc1cccc(NC(=S)N(C)[C@H]2CCS(=O)(=O)C2)c1C. The molecule has 1 saturated heterocycles. The van der Waals surface area contributed by atoms with Gasteiger partial charge in [0.2, 0.25) is 0 Å². The Labute approximate surface area is 126 Å². The molecule has 6 heteroatoms. The third kappa shape index (κ3) is 3.30. The van der Waals surface area contributed by atoms with Gasteiger partial charge in [0.15, 0.2) is 14.9 Å². The number of aryl methyl sites for hydroxylation is 1. The predicted molar refractivity (Wildman–Crippen MR) is 87.0 cm³/mol. The standard InChI is InChI=1S/C14H20N2O2S2/c1-10-5-4-6-13(11(10)2)15-14(19)16(3)12-7-8-20(17,18)9-12/h4-6,12H,7-9H2,1-3H3,(H,15,19)/t12-/m0/s1. The van der Waals surface area contributed by atoms with Crippen LogP contribution in [0.5, 0.6) is 0 Å². The van der Waals surface area contributed by atoms with Gasteiger partial charge in [0.25, 0.3) is 0 Å². The van der Waals surface area contributed by atoms with E-state index in [0.717, 1.165) is 11.3 Å². The molecule has 1 fully saturated rings. The molecule has 0 unspecified atom stereocenters. The Morgan fingerprint density at radius 2 is 2.10 bits per heavy atom. The van der Waals surface area contributed by atoms with Crippen molar-refractivity contribution in [1.82, 2.24) is 4.90 Å². The second kappa shape index (κ2) is 5.69. The van der Waals surface area contributed by atoms with E-state index in [9.17, 15) is 8.42 Å². The number of anilines is 1. The van der Waals surface area contributed by atoms with E-state index in [1.165, 1.54) is 5.56 Å². The summed E-state index contributed by atoms with van der Waals surface area (Å²) in [5.41, 5.74) is 3.33. The lowest BCUT2D eigenvalue weighted by atomic mass is 10.1. The lowest BCUT2D eigenvalue weighted by Gasteiger charge is -2.27. The molecule has 1 aliphatic heterocycles. The van der Waals surface area contributed by atoms with Crippen LogP contribution in [-0.4, -0.2) is 43.0 Å². The number of nitrogens with zero attached hydrogens (tertiary/aromatic N) is 1. The van der Waals surface area contributed by atoms with Crippen LogP contribution in [0.15, 0.2) is 18.2 Å². The van der Waals surface area contributed by atoms with Crippen molar-refractivity contribution in [3.05, 3.63) is 29.3 Å². The molecule has 1 aromatic rings. The van der Waals surface area contributed by atoms with Gasteiger partial charge in [0, 0.05) is 18.8 Å². The van der Waals surface area contributed by atoms with E-state index in [1.807, 2.05) is 31.0 Å². The Kier molecular flexibility index (Phi) is 4.34. The maximum absolute atomic E-state index is 11.5. The third-order valence-corrected chi connectivity index (χ3v) is 6.06. The maximum Gasteiger partial charge on any atom is 0.173 e. The summed E-state index contributed by atoms with van der Waals surface area (Å²) < 4.78 is 23.1. The first-order valence-electron chi connectivity index (χ1n) is 6.60. The first-order chi connectivity index (χ1) is 9.30. The summed E-state index contributed by atoms with van der Waals surface area (Å²) in [4.78, 5) is 1.86. The van der Waals surface area contributed by atoms with Gasteiger partial charge in [-0.05, 0) is 49.7 Å². The Morgan fingerprint density at radius 1 is 1.40 bits per heavy atom. The van der Waals surface area contributed by atoms with Crippen molar-refractivity contribution in [3.63, 3.8) is 0 Å². The number of sulfone groups is 1. The first kappa shape index (κ1) is 15.3. The van der Waals surface area contributed by atoms with Crippen LogP contribution in [0.25, 0.3) is 0 Å². The number of benzene rings is 1. The second-order valence-electron chi connectivity index (χ2n) is 5.35. The van der Waals surface area contributed by atoms with Crippen molar-refractivity contribution < 1.29 is 8.42 Å². The largest absolute Gasteiger partial charge is 0.348 e. The molecule has 1 aromatic carbocycles. The number of nitrogens with one attached hydrogen (secondary N) is 1. The summed E-state index contributed by atoms with van der Waals surface area (Å²) in [6, 6.07) is 5.99. The lowest BCUT2D eigenvalue weighted by Crippen LogP contribution is -2.40. The summed E-state index contributed by atoms with van der Waals surface area (Å²) in [6.45, 7) is 4.09. The molecule has 0 saturated carbocycles. The second-order valence-corrected chi connectivity index (χ2v) is 7.96. The van der Waals surface area contributed by atoms with Crippen LogP contribution in [-0.2, 0) is 9.84 Å². The van der Waals surface area contributed by atoms with E-state index >= 15 is 0 Å². The van der Waals surface area contributed by atoms with Gasteiger partial charge in [-0.2, -0.15) is 0 Å². The van der Waals surface area contributed by atoms with Crippen LogP contribution < -0.4 is 5.32 Å². The molecule has 0 aromatic heterocycles. The van der Waals surface area contributed by atoms with Gasteiger partial charge in [-0.3, -0.25) is 0 Å². The number of rotatable bonds is 2. The van der Waals surface area contributed by atoms with Crippen molar-refractivity contribution in [3.8, 4) is 0 Å². The van der Waals surface area contributed by atoms with Crippen LogP contribution in [0.4, 0.5) is 5.69 Å². The fraction of sp³-hybridized carbons (Fsp3) is 0.500. The molecule has 1 atom stereocenters. The number of hydrogen-bond acceptors (Lipinski definition) is 3. The lowest BCUT2D eigenvalue weighted by molar-refractivity contribution is 0.402. The minimum atomic E-state index is -2.89. The van der Waals surface area contributed by atoms with Gasteiger partial charge in [-0.15, -0.1) is 0 Å². The van der Waals surface area contributed by atoms with Crippen molar-refractivity contribution in [2.24, 2.45) is 0 Å². The highest BCUT2D eigenvalue weighted by Crippen LogP contribution is 2.21. The van der Waals surface area contributed by atoms with E-state index in [-0.39, 0.29) is 17.5 Å². The molecule has 1 aliphatic rings. The normalized spacial score (nSPS) is 20.6. The summed E-state index contributed by atoms with van der Waals surface area (Å²) in [5.74, 6) is 0.451. The van der Waals surface area contributed by atoms with Gasteiger partial charge in [-0.25, -0.2) is 8.42 Å². The van der Waals surface area contributed by atoms with E-state index in [1.54, 1.807) is 0 Å². The van der Waals surface area contributed by atoms with Gasteiger partial charge in [-0.1, -0.05) is 12.1 Å². The Balaban J connectivity index is 2.07. The molecule has 0 aliphatic carbocycles. The maximum atomic E-state index is 11.5. The molecule has 1 heterocycles. The summed E-state index contributed by atoms with van der Waals surface area (Å²) in [7, 11) is -1.04. The fourth-order valence-corrected chi connectivity index (χ4v) is 4.37. The van der Waals surface area contributed by atoms with Crippen molar-refractivity contribution in [2.75, 3.05) is 23.9 Å². The van der Waals surface area contributed by atoms with E-state index in [2.05, 4.69) is 18.3 Å². The van der Waals surface area contributed by atoms with E-state index in [0.29, 0.717) is 11.5 Å². The number of thiocarbonyl (C=S) groups is 1. The highest BCUT2D eigenvalue weighted by atomic mass is 32.2. The average Bonchev–Trinajstić information content (AvgIpc) is 2.74. The minimum absolute atomic E-state index is 0.0230.